The fourth-order valence-electron chi connectivity index (χ4n) is 3.52. The third kappa shape index (κ3) is 3.47. The highest BCUT2D eigenvalue weighted by Crippen LogP contribution is 2.45. The maximum atomic E-state index is 12.3. The lowest BCUT2D eigenvalue weighted by molar-refractivity contribution is -0.128. The van der Waals surface area contributed by atoms with Crippen LogP contribution in [-0.2, 0) is 4.79 Å². The fourth-order valence-corrected chi connectivity index (χ4v) is 3.52. The third-order valence-corrected chi connectivity index (χ3v) is 4.80. The molecule has 2 aliphatic rings. The zero-order valence-corrected chi connectivity index (χ0v) is 13.8. The van der Waals surface area contributed by atoms with Gasteiger partial charge in [0, 0.05) is 31.1 Å². The Kier molecular flexibility index (Phi) is 4.09. The maximum Gasteiger partial charge on any atom is 0.319 e. The van der Waals surface area contributed by atoms with Gasteiger partial charge >= 0.3 is 6.03 Å². The molecule has 1 aromatic heterocycles. The van der Waals surface area contributed by atoms with Crippen molar-refractivity contribution in [1.29, 1.82) is 0 Å². The molecule has 2 fully saturated rings. The molecule has 25 heavy (non-hydrogen) atoms. The summed E-state index contributed by atoms with van der Waals surface area (Å²) in [5.74, 6) is 0.545. The van der Waals surface area contributed by atoms with Crippen molar-refractivity contribution in [3.05, 3.63) is 60.4 Å². The summed E-state index contributed by atoms with van der Waals surface area (Å²) in [6.07, 6.45) is 4.60. The molecule has 2 aromatic rings. The standard InChI is InChI=1S/C19H20N4O2/c24-18-9-15(22-19(25)21-14-7-4-8-20-11-14)12-23(18)17-10-16(17)13-5-2-1-3-6-13/h1-8,11,15-17H,9-10,12H2,(H2,21,22,25)/t15-,16+,17+/m1/s1. The topological polar surface area (TPSA) is 74.3 Å². The van der Waals surface area contributed by atoms with Gasteiger partial charge in [0.05, 0.1) is 17.9 Å². The number of rotatable bonds is 4. The van der Waals surface area contributed by atoms with Gasteiger partial charge in [-0.2, -0.15) is 0 Å². The lowest BCUT2D eigenvalue weighted by atomic mass is 10.1. The van der Waals surface area contributed by atoms with Crippen molar-refractivity contribution in [2.24, 2.45) is 0 Å². The van der Waals surface area contributed by atoms with Crippen molar-refractivity contribution in [1.82, 2.24) is 15.2 Å². The van der Waals surface area contributed by atoms with E-state index >= 15 is 0 Å². The predicted molar refractivity (Wildman–Crippen MR) is 94.1 cm³/mol. The van der Waals surface area contributed by atoms with E-state index in [0.717, 1.165) is 6.42 Å². The maximum absolute atomic E-state index is 12.3. The van der Waals surface area contributed by atoms with E-state index in [1.54, 1.807) is 24.5 Å². The predicted octanol–water partition coefficient (Wildman–Crippen LogP) is 2.36. The largest absolute Gasteiger partial charge is 0.337 e. The Morgan fingerprint density at radius 3 is 2.76 bits per heavy atom. The molecule has 1 aromatic carbocycles. The first-order valence-electron chi connectivity index (χ1n) is 8.52. The van der Waals surface area contributed by atoms with Gasteiger partial charge in [-0.25, -0.2) is 4.79 Å². The molecule has 0 spiro atoms. The van der Waals surface area contributed by atoms with Crippen LogP contribution in [0.25, 0.3) is 0 Å². The molecule has 0 bridgehead atoms. The number of likely N-dealkylation sites (tertiary alicyclic amines) is 1. The van der Waals surface area contributed by atoms with Gasteiger partial charge in [-0.3, -0.25) is 9.78 Å². The Balaban J connectivity index is 1.31. The van der Waals surface area contributed by atoms with Crippen LogP contribution < -0.4 is 10.6 Å². The molecule has 2 heterocycles. The SMILES string of the molecule is O=C(Nc1cccnc1)N[C@@H]1CC(=O)N([C@H]2C[C@H]2c2ccccc2)C1. The number of benzene rings is 1. The highest BCUT2D eigenvalue weighted by atomic mass is 16.2. The van der Waals surface area contributed by atoms with E-state index in [-0.39, 0.29) is 24.0 Å². The van der Waals surface area contributed by atoms with E-state index in [9.17, 15) is 9.59 Å². The number of nitrogens with zero attached hydrogens (tertiary/aromatic N) is 2. The van der Waals surface area contributed by atoms with E-state index in [1.807, 2.05) is 23.1 Å². The van der Waals surface area contributed by atoms with Gasteiger partial charge in [-0.15, -0.1) is 0 Å². The van der Waals surface area contributed by atoms with Crippen LogP contribution in [0, 0.1) is 0 Å². The van der Waals surface area contributed by atoms with Crippen LogP contribution in [0.5, 0.6) is 0 Å². The number of nitrogens with one attached hydrogen (secondary N) is 2. The first-order chi connectivity index (χ1) is 12.2. The minimum Gasteiger partial charge on any atom is -0.337 e. The zero-order valence-electron chi connectivity index (χ0n) is 13.8. The van der Waals surface area contributed by atoms with E-state index in [4.69, 9.17) is 0 Å². The number of urea groups is 1. The van der Waals surface area contributed by atoms with Crippen LogP contribution in [0.2, 0.25) is 0 Å². The summed E-state index contributed by atoms with van der Waals surface area (Å²) in [7, 11) is 0. The van der Waals surface area contributed by atoms with Crippen LogP contribution in [0.3, 0.4) is 0 Å². The summed E-state index contributed by atoms with van der Waals surface area (Å²) in [6, 6.07) is 13.6. The first kappa shape index (κ1) is 15.6. The van der Waals surface area contributed by atoms with E-state index in [1.165, 1.54) is 5.56 Å². The molecule has 128 valence electrons. The van der Waals surface area contributed by atoms with Gasteiger partial charge in [-0.1, -0.05) is 30.3 Å². The summed E-state index contributed by atoms with van der Waals surface area (Å²) in [5.41, 5.74) is 1.92. The Hall–Kier alpha value is -2.89. The zero-order chi connectivity index (χ0) is 17.2. The molecule has 3 atom stereocenters. The summed E-state index contributed by atoms with van der Waals surface area (Å²) in [5, 5.41) is 5.62. The number of anilines is 1. The number of hydrogen-bond acceptors (Lipinski definition) is 3. The van der Waals surface area contributed by atoms with Crippen molar-refractivity contribution in [3.8, 4) is 0 Å². The number of carbonyl (C=O) groups is 2. The Labute approximate surface area is 146 Å². The molecule has 1 saturated carbocycles. The van der Waals surface area contributed by atoms with Crippen LogP contribution in [-0.4, -0.2) is 40.5 Å². The van der Waals surface area contributed by atoms with E-state index < -0.39 is 0 Å². The molecule has 1 saturated heterocycles. The lowest BCUT2D eigenvalue weighted by Gasteiger charge is -2.17. The molecule has 6 heteroatoms. The Morgan fingerprint density at radius 1 is 1.16 bits per heavy atom. The van der Waals surface area contributed by atoms with Crippen molar-refractivity contribution in [3.63, 3.8) is 0 Å². The third-order valence-electron chi connectivity index (χ3n) is 4.80. The number of hydrogen-bond donors (Lipinski definition) is 2. The van der Waals surface area contributed by atoms with Gasteiger partial charge in [0.15, 0.2) is 0 Å². The first-order valence-corrected chi connectivity index (χ1v) is 8.52. The van der Waals surface area contributed by atoms with Crippen LogP contribution in [0.1, 0.15) is 24.3 Å². The molecule has 2 N–H and O–H groups in total. The minimum atomic E-state index is -0.303. The highest BCUT2D eigenvalue weighted by molar-refractivity contribution is 5.90. The normalized spacial score (nSPS) is 24.9. The van der Waals surface area contributed by atoms with Crippen molar-refractivity contribution in [2.45, 2.75) is 30.8 Å². The summed E-state index contributed by atoms with van der Waals surface area (Å²) in [6.45, 7) is 0.577. The number of amides is 3. The Morgan fingerprint density at radius 2 is 2.00 bits per heavy atom. The molecule has 6 nitrogen and oxygen atoms in total. The molecule has 4 rings (SSSR count). The summed E-state index contributed by atoms with van der Waals surface area (Å²) >= 11 is 0. The van der Waals surface area contributed by atoms with Gasteiger partial charge in [0.2, 0.25) is 5.91 Å². The second kappa shape index (κ2) is 6.55. The van der Waals surface area contributed by atoms with Gasteiger partial charge < -0.3 is 15.5 Å². The average Bonchev–Trinajstić information content (AvgIpc) is 3.33. The van der Waals surface area contributed by atoms with Crippen LogP contribution in [0.15, 0.2) is 54.9 Å². The molecule has 1 aliphatic carbocycles. The molecule has 0 radical (unpaired) electrons. The van der Waals surface area contributed by atoms with Crippen LogP contribution >= 0.6 is 0 Å². The summed E-state index contributed by atoms with van der Waals surface area (Å²) < 4.78 is 0. The molecular weight excluding hydrogens is 316 g/mol. The van der Waals surface area contributed by atoms with Crippen molar-refractivity contribution < 1.29 is 9.59 Å². The number of pyridine rings is 1. The molecule has 0 unspecified atom stereocenters. The van der Waals surface area contributed by atoms with E-state index in [2.05, 4.69) is 27.8 Å². The lowest BCUT2D eigenvalue weighted by Crippen LogP contribution is -2.40. The Bertz CT molecular complexity index is 766. The number of carbonyl (C=O) groups excluding carboxylic acids is 2. The van der Waals surface area contributed by atoms with Crippen LogP contribution in [0.4, 0.5) is 10.5 Å². The van der Waals surface area contributed by atoms with Gasteiger partial charge in [0.25, 0.3) is 0 Å². The molecule has 1 aliphatic heterocycles. The fraction of sp³-hybridized carbons (Fsp3) is 0.316. The quantitative estimate of drug-likeness (QED) is 0.900. The summed E-state index contributed by atoms with van der Waals surface area (Å²) in [4.78, 5) is 30.3. The smallest absolute Gasteiger partial charge is 0.319 e. The van der Waals surface area contributed by atoms with Gasteiger partial charge in [0.1, 0.15) is 0 Å². The second-order valence-electron chi connectivity index (χ2n) is 6.61. The van der Waals surface area contributed by atoms with E-state index in [0.29, 0.717) is 24.6 Å². The van der Waals surface area contributed by atoms with Gasteiger partial charge in [-0.05, 0) is 24.1 Å². The second-order valence-corrected chi connectivity index (χ2v) is 6.61. The van der Waals surface area contributed by atoms with Crippen molar-refractivity contribution >= 4 is 17.6 Å². The molecule has 3 amide bonds. The highest BCUT2D eigenvalue weighted by Gasteiger charge is 2.47. The van der Waals surface area contributed by atoms with Crippen molar-refractivity contribution in [2.75, 3.05) is 11.9 Å². The average molecular weight is 336 g/mol. The number of aromatic nitrogens is 1. The molecular formula is C19H20N4O2. The monoisotopic (exact) mass is 336 g/mol. The minimum absolute atomic E-state index is 0.120.